The van der Waals surface area contributed by atoms with E-state index in [0.717, 1.165) is 18.8 Å². The van der Waals surface area contributed by atoms with Crippen LogP contribution in [-0.4, -0.2) is 16.3 Å². The van der Waals surface area contributed by atoms with Gasteiger partial charge in [-0.25, -0.2) is 4.98 Å². The molecule has 0 radical (unpaired) electrons. The van der Waals surface area contributed by atoms with Gasteiger partial charge in [0.1, 0.15) is 5.01 Å². The second-order valence-corrected chi connectivity index (χ2v) is 7.77. The van der Waals surface area contributed by atoms with Crippen LogP contribution in [0.3, 0.4) is 0 Å². The largest absolute Gasteiger partial charge is 0.312 e. The van der Waals surface area contributed by atoms with Crippen LogP contribution < -0.4 is 5.32 Å². The van der Waals surface area contributed by atoms with Crippen LogP contribution in [0.1, 0.15) is 43.3 Å². The monoisotopic (exact) mass is 258 g/mol. The molecule has 1 N–H and O–H groups in total. The lowest BCUT2D eigenvalue weighted by atomic mass is 10.3. The fourth-order valence-electron chi connectivity index (χ4n) is 1.23. The molecule has 0 fully saturated rings. The van der Waals surface area contributed by atoms with Crippen molar-refractivity contribution >= 4 is 23.1 Å². The van der Waals surface area contributed by atoms with E-state index in [1.165, 1.54) is 15.6 Å². The number of aromatic nitrogens is 1. The summed E-state index contributed by atoms with van der Waals surface area (Å²) in [6.07, 6.45) is 0. The average molecular weight is 258 g/mol. The summed E-state index contributed by atoms with van der Waals surface area (Å²) in [6, 6.07) is 0. The summed E-state index contributed by atoms with van der Waals surface area (Å²) in [6.45, 7) is 13.0. The molecule has 92 valence electrons. The number of nitrogens with one attached hydrogen (secondary N) is 1. The first-order valence-corrected chi connectivity index (χ1v) is 7.52. The van der Waals surface area contributed by atoms with E-state index in [2.05, 4.69) is 44.9 Å². The van der Waals surface area contributed by atoms with Crippen molar-refractivity contribution in [3.63, 3.8) is 0 Å². The predicted octanol–water partition coefficient (Wildman–Crippen LogP) is 3.59. The molecule has 1 heterocycles. The highest BCUT2D eigenvalue weighted by atomic mass is 32.2. The van der Waals surface area contributed by atoms with Crippen molar-refractivity contribution in [3.05, 3.63) is 15.6 Å². The summed E-state index contributed by atoms with van der Waals surface area (Å²) in [4.78, 5) is 6.01. The molecule has 2 nitrogen and oxygen atoms in total. The van der Waals surface area contributed by atoms with Gasteiger partial charge in [0.25, 0.3) is 0 Å². The Morgan fingerprint density at radius 3 is 2.62 bits per heavy atom. The van der Waals surface area contributed by atoms with E-state index < -0.39 is 0 Å². The van der Waals surface area contributed by atoms with Crippen LogP contribution >= 0.6 is 23.1 Å². The lowest BCUT2D eigenvalue weighted by Crippen LogP contribution is -2.11. The number of rotatable bonds is 5. The van der Waals surface area contributed by atoms with Crippen LogP contribution in [0.15, 0.2) is 0 Å². The lowest BCUT2D eigenvalue weighted by molar-refractivity contribution is 0.731. The first-order chi connectivity index (χ1) is 7.42. The summed E-state index contributed by atoms with van der Waals surface area (Å²) in [7, 11) is 0. The molecule has 0 saturated carbocycles. The third-order valence-electron chi connectivity index (χ3n) is 2.10. The minimum atomic E-state index is 0.321. The van der Waals surface area contributed by atoms with Gasteiger partial charge in [-0.2, -0.15) is 0 Å². The Morgan fingerprint density at radius 1 is 1.38 bits per heavy atom. The summed E-state index contributed by atoms with van der Waals surface area (Å²) in [5.41, 5.74) is 1.19. The third kappa shape index (κ3) is 4.85. The third-order valence-corrected chi connectivity index (χ3v) is 4.73. The Hall–Kier alpha value is -0.0600. The van der Waals surface area contributed by atoms with Crippen molar-refractivity contribution in [1.29, 1.82) is 0 Å². The molecule has 16 heavy (non-hydrogen) atoms. The molecule has 0 saturated heterocycles. The van der Waals surface area contributed by atoms with Gasteiger partial charge >= 0.3 is 0 Å². The van der Waals surface area contributed by atoms with Crippen molar-refractivity contribution in [3.8, 4) is 0 Å². The van der Waals surface area contributed by atoms with Gasteiger partial charge in [-0.05, 0) is 13.5 Å². The number of hydrogen-bond donors (Lipinski definition) is 1. The first-order valence-electron chi connectivity index (χ1n) is 5.72. The standard InChI is InChI=1S/C12H22N2S2/c1-6-13-7-10-9(2)14-11(16-10)8-15-12(3,4)5/h13H,6-8H2,1-5H3. The molecular formula is C12H22N2S2. The van der Waals surface area contributed by atoms with Gasteiger partial charge in [0.05, 0.1) is 5.69 Å². The van der Waals surface area contributed by atoms with Crippen LogP contribution in [0.2, 0.25) is 0 Å². The zero-order valence-corrected chi connectivity index (χ0v) is 12.5. The minimum absolute atomic E-state index is 0.321. The number of hydrogen-bond acceptors (Lipinski definition) is 4. The highest BCUT2D eigenvalue weighted by Gasteiger charge is 2.13. The van der Waals surface area contributed by atoms with E-state index in [0.29, 0.717) is 4.75 Å². The van der Waals surface area contributed by atoms with Crippen LogP contribution in [0.25, 0.3) is 0 Å². The van der Waals surface area contributed by atoms with Gasteiger partial charge in [0, 0.05) is 21.9 Å². The van der Waals surface area contributed by atoms with E-state index in [9.17, 15) is 0 Å². The molecule has 0 bridgehead atoms. The van der Waals surface area contributed by atoms with E-state index in [-0.39, 0.29) is 0 Å². The maximum atomic E-state index is 4.62. The summed E-state index contributed by atoms with van der Waals surface area (Å²) in [5.74, 6) is 1.03. The normalized spacial score (nSPS) is 12.1. The molecule has 0 spiro atoms. The number of thiazole rings is 1. The fraction of sp³-hybridized carbons (Fsp3) is 0.750. The highest BCUT2D eigenvalue weighted by molar-refractivity contribution is 7.99. The van der Waals surface area contributed by atoms with Crippen molar-refractivity contribution in [2.75, 3.05) is 6.54 Å². The molecule has 4 heteroatoms. The Balaban J connectivity index is 2.55. The average Bonchev–Trinajstić information content (AvgIpc) is 2.52. The van der Waals surface area contributed by atoms with Gasteiger partial charge < -0.3 is 5.32 Å². The van der Waals surface area contributed by atoms with Gasteiger partial charge in [0.2, 0.25) is 0 Å². The second kappa shape index (κ2) is 6.03. The predicted molar refractivity (Wildman–Crippen MR) is 75.3 cm³/mol. The SMILES string of the molecule is CCNCc1sc(CSC(C)(C)C)nc1C. The zero-order chi connectivity index (χ0) is 12.2. The smallest absolute Gasteiger partial charge is 0.103 e. The molecule has 0 amide bonds. The van der Waals surface area contributed by atoms with Gasteiger partial charge in [-0.15, -0.1) is 23.1 Å². The van der Waals surface area contributed by atoms with E-state index in [1.807, 2.05) is 23.1 Å². The van der Waals surface area contributed by atoms with Crippen molar-refractivity contribution in [1.82, 2.24) is 10.3 Å². The number of thioether (sulfide) groups is 1. The van der Waals surface area contributed by atoms with Crippen molar-refractivity contribution in [2.45, 2.75) is 51.7 Å². The molecule has 1 aromatic rings. The van der Waals surface area contributed by atoms with Crippen LogP contribution in [0.5, 0.6) is 0 Å². The Kier molecular flexibility index (Phi) is 5.28. The van der Waals surface area contributed by atoms with Crippen LogP contribution in [0, 0.1) is 6.92 Å². The molecule has 1 aromatic heterocycles. The fourth-order valence-corrected chi connectivity index (χ4v) is 3.10. The molecule has 0 aliphatic rings. The highest BCUT2D eigenvalue weighted by Crippen LogP contribution is 2.29. The van der Waals surface area contributed by atoms with Crippen LogP contribution in [0.4, 0.5) is 0 Å². The van der Waals surface area contributed by atoms with Crippen LogP contribution in [-0.2, 0) is 12.3 Å². The molecule has 0 unspecified atom stereocenters. The Morgan fingerprint density at radius 2 is 2.06 bits per heavy atom. The Labute approximate surface area is 107 Å². The summed E-state index contributed by atoms with van der Waals surface area (Å²) >= 11 is 3.81. The van der Waals surface area contributed by atoms with Crippen molar-refractivity contribution < 1.29 is 0 Å². The van der Waals surface area contributed by atoms with E-state index in [1.54, 1.807) is 0 Å². The number of aryl methyl sites for hydroxylation is 1. The number of nitrogens with zero attached hydrogens (tertiary/aromatic N) is 1. The quantitative estimate of drug-likeness (QED) is 0.873. The first kappa shape index (κ1) is 14.0. The topological polar surface area (TPSA) is 24.9 Å². The van der Waals surface area contributed by atoms with E-state index in [4.69, 9.17) is 0 Å². The summed E-state index contributed by atoms with van der Waals surface area (Å²) < 4.78 is 0.321. The van der Waals surface area contributed by atoms with Gasteiger partial charge in [0.15, 0.2) is 0 Å². The molecule has 1 rings (SSSR count). The molecule has 0 aliphatic heterocycles. The maximum Gasteiger partial charge on any atom is 0.103 e. The zero-order valence-electron chi connectivity index (χ0n) is 10.9. The van der Waals surface area contributed by atoms with Crippen molar-refractivity contribution in [2.24, 2.45) is 0 Å². The Bertz CT molecular complexity index is 326. The molecule has 0 atom stereocenters. The summed E-state index contributed by atoms with van der Waals surface area (Å²) in [5, 5.41) is 4.61. The van der Waals surface area contributed by atoms with Gasteiger partial charge in [-0.1, -0.05) is 27.7 Å². The van der Waals surface area contributed by atoms with E-state index >= 15 is 0 Å². The maximum absolute atomic E-state index is 4.62. The molecule has 0 aliphatic carbocycles. The van der Waals surface area contributed by atoms with Gasteiger partial charge in [-0.3, -0.25) is 0 Å². The molecule has 0 aromatic carbocycles. The molecular weight excluding hydrogens is 236 g/mol. The minimum Gasteiger partial charge on any atom is -0.312 e. The second-order valence-electron chi connectivity index (χ2n) is 4.80. The lowest BCUT2D eigenvalue weighted by Gasteiger charge is -2.16.